The maximum atomic E-state index is 13.1. The zero-order chi connectivity index (χ0) is 14.4. The predicted octanol–water partition coefficient (Wildman–Crippen LogP) is 3.16. The molecule has 1 aromatic carbocycles. The molecule has 0 amide bonds. The SMILES string of the molecule is CCOC(=O)Cc1ccc(C#N)c(C(F)F)c1CC. The molecule has 0 bridgehead atoms. The lowest BCUT2D eigenvalue weighted by Crippen LogP contribution is -2.11. The second-order valence-electron chi connectivity index (χ2n) is 3.91. The van der Waals surface area contributed by atoms with Gasteiger partial charge in [-0.15, -0.1) is 0 Å². The highest BCUT2D eigenvalue weighted by molar-refractivity contribution is 5.73. The van der Waals surface area contributed by atoms with E-state index in [1.807, 2.05) is 0 Å². The van der Waals surface area contributed by atoms with Gasteiger partial charge in [0.05, 0.1) is 24.7 Å². The van der Waals surface area contributed by atoms with E-state index in [4.69, 9.17) is 10.00 Å². The lowest BCUT2D eigenvalue weighted by atomic mass is 9.93. The molecule has 0 aromatic heterocycles. The first kappa shape index (κ1) is 15.1. The van der Waals surface area contributed by atoms with Gasteiger partial charge in [-0.3, -0.25) is 4.79 Å². The topological polar surface area (TPSA) is 50.1 Å². The molecule has 5 heteroatoms. The van der Waals surface area contributed by atoms with Gasteiger partial charge in [0, 0.05) is 5.56 Å². The number of nitrogens with zero attached hydrogens (tertiary/aromatic N) is 1. The normalized spacial score (nSPS) is 10.3. The molecular formula is C14H15F2NO2. The van der Waals surface area contributed by atoms with Gasteiger partial charge in [-0.05, 0) is 30.5 Å². The van der Waals surface area contributed by atoms with E-state index in [2.05, 4.69) is 0 Å². The Kier molecular flexibility index (Phi) is 5.43. The van der Waals surface area contributed by atoms with Crippen LogP contribution < -0.4 is 0 Å². The summed E-state index contributed by atoms with van der Waals surface area (Å²) in [5.74, 6) is -0.456. The van der Waals surface area contributed by atoms with E-state index in [1.54, 1.807) is 26.0 Å². The molecule has 0 saturated heterocycles. The average Bonchev–Trinajstić information content (AvgIpc) is 2.38. The molecule has 3 nitrogen and oxygen atoms in total. The highest BCUT2D eigenvalue weighted by Gasteiger charge is 2.21. The van der Waals surface area contributed by atoms with Gasteiger partial charge in [0.1, 0.15) is 0 Å². The number of rotatable bonds is 5. The fourth-order valence-electron chi connectivity index (χ4n) is 2.01. The summed E-state index contributed by atoms with van der Waals surface area (Å²) < 4.78 is 30.9. The molecule has 0 fully saturated rings. The standard InChI is InChI=1S/C14H15F2NO2/c1-3-11-9(7-12(18)19-4-2)5-6-10(8-17)13(11)14(15)16/h5-6,14H,3-4,7H2,1-2H3. The summed E-state index contributed by atoms with van der Waals surface area (Å²) in [6.45, 7) is 3.65. The van der Waals surface area contributed by atoms with Crippen LogP contribution in [0.25, 0.3) is 0 Å². The first-order chi connectivity index (χ1) is 9.04. The Morgan fingerprint density at radius 2 is 2.11 bits per heavy atom. The Morgan fingerprint density at radius 1 is 1.42 bits per heavy atom. The maximum absolute atomic E-state index is 13.1. The summed E-state index contributed by atoms with van der Waals surface area (Å²) in [6.07, 6.45) is -2.45. The third kappa shape index (κ3) is 3.50. The average molecular weight is 267 g/mol. The Morgan fingerprint density at radius 3 is 2.58 bits per heavy atom. The molecule has 0 spiro atoms. The van der Waals surface area contributed by atoms with E-state index >= 15 is 0 Å². The lowest BCUT2D eigenvalue weighted by Gasteiger charge is -2.14. The van der Waals surface area contributed by atoms with Crippen molar-refractivity contribution in [2.75, 3.05) is 6.61 Å². The third-order valence-electron chi connectivity index (χ3n) is 2.79. The quantitative estimate of drug-likeness (QED) is 0.770. The molecular weight excluding hydrogens is 252 g/mol. The number of hydrogen-bond donors (Lipinski definition) is 0. The molecule has 0 saturated carbocycles. The van der Waals surface area contributed by atoms with E-state index in [0.29, 0.717) is 17.5 Å². The van der Waals surface area contributed by atoms with Crippen molar-refractivity contribution in [1.82, 2.24) is 0 Å². The molecule has 0 heterocycles. The van der Waals surface area contributed by atoms with Crippen LogP contribution in [-0.4, -0.2) is 12.6 Å². The maximum Gasteiger partial charge on any atom is 0.310 e. The van der Waals surface area contributed by atoms with Crippen molar-refractivity contribution in [3.05, 3.63) is 34.4 Å². The van der Waals surface area contributed by atoms with Gasteiger partial charge in [-0.25, -0.2) is 8.78 Å². The zero-order valence-electron chi connectivity index (χ0n) is 10.9. The van der Waals surface area contributed by atoms with Crippen molar-refractivity contribution < 1.29 is 18.3 Å². The molecule has 0 unspecified atom stereocenters. The molecule has 0 aliphatic rings. The molecule has 1 rings (SSSR count). The highest BCUT2D eigenvalue weighted by atomic mass is 19.3. The number of halogens is 2. The van der Waals surface area contributed by atoms with Crippen LogP contribution in [0.2, 0.25) is 0 Å². The van der Waals surface area contributed by atoms with Gasteiger partial charge in [0.25, 0.3) is 6.43 Å². The van der Waals surface area contributed by atoms with Gasteiger partial charge in [0.15, 0.2) is 0 Å². The summed E-state index contributed by atoms with van der Waals surface area (Å²) in [7, 11) is 0. The number of alkyl halides is 2. The minimum atomic E-state index is -2.73. The molecule has 0 N–H and O–H groups in total. The monoisotopic (exact) mass is 267 g/mol. The van der Waals surface area contributed by atoms with Crippen molar-refractivity contribution in [1.29, 1.82) is 5.26 Å². The number of carbonyl (C=O) groups is 1. The number of nitriles is 1. The summed E-state index contributed by atoms with van der Waals surface area (Å²) in [6, 6.07) is 4.63. The minimum Gasteiger partial charge on any atom is -0.466 e. The molecule has 0 radical (unpaired) electrons. The number of carbonyl (C=O) groups excluding carboxylic acids is 1. The fourth-order valence-corrected chi connectivity index (χ4v) is 2.01. The highest BCUT2D eigenvalue weighted by Crippen LogP contribution is 2.29. The van der Waals surface area contributed by atoms with Crippen molar-refractivity contribution in [3.8, 4) is 6.07 Å². The molecule has 0 atom stereocenters. The van der Waals surface area contributed by atoms with Crippen molar-refractivity contribution in [3.63, 3.8) is 0 Å². The molecule has 102 valence electrons. The molecule has 0 aliphatic carbocycles. The van der Waals surface area contributed by atoms with E-state index in [-0.39, 0.29) is 24.2 Å². The van der Waals surface area contributed by atoms with Crippen LogP contribution in [0.15, 0.2) is 12.1 Å². The van der Waals surface area contributed by atoms with Crippen LogP contribution in [0.5, 0.6) is 0 Å². The van der Waals surface area contributed by atoms with Gasteiger partial charge in [0.2, 0.25) is 0 Å². The molecule has 1 aromatic rings. The van der Waals surface area contributed by atoms with Crippen LogP contribution in [0.1, 0.15) is 42.5 Å². The fraction of sp³-hybridized carbons (Fsp3) is 0.429. The number of esters is 1. The predicted molar refractivity (Wildman–Crippen MR) is 65.8 cm³/mol. The van der Waals surface area contributed by atoms with Crippen molar-refractivity contribution in [2.45, 2.75) is 33.1 Å². The zero-order valence-corrected chi connectivity index (χ0v) is 10.9. The molecule has 19 heavy (non-hydrogen) atoms. The summed E-state index contributed by atoms with van der Waals surface area (Å²) in [4.78, 5) is 11.4. The second kappa shape index (κ2) is 6.83. The summed E-state index contributed by atoms with van der Waals surface area (Å²) in [5, 5.41) is 8.87. The number of ether oxygens (including phenoxy) is 1. The summed E-state index contributed by atoms with van der Waals surface area (Å²) in [5.41, 5.74) is 0.545. The van der Waals surface area contributed by atoms with Crippen LogP contribution in [0, 0.1) is 11.3 Å². The Balaban J connectivity index is 3.24. The second-order valence-corrected chi connectivity index (χ2v) is 3.91. The Hall–Kier alpha value is -1.96. The third-order valence-corrected chi connectivity index (χ3v) is 2.79. The van der Waals surface area contributed by atoms with Gasteiger partial charge in [-0.2, -0.15) is 5.26 Å². The Labute approximate surface area is 110 Å². The lowest BCUT2D eigenvalue weighted by molar-refractivity contribution is -0.142. The van der Waals surface area contributed by atoms with Crippen LogP contribution in [-0.2, 0) is 22.4 Å². The first-order valence-corrected chi connectivity index (χ1v) is 6.03. The van der Waals surface area contributed by atoms with E-state index < -0.39 is 12.4 Å². The summed E-state index contributed by atoms with van der Waals surface area (Å²) >= 11 is 0. The van der Waals surface area contributed by atoms with E-state index in [1.165, 1.54) is 6.07 Å². The van der Waals surface area contributed by atoms with E-state index in [0.717, 1.165) is 0 Å². The number of hydrogen-bond acceptors (Lipinski definition) is 3. The van der Waals surface area contributed by atoms with Gasteiger partial charge >= 0.3 is 5.97 Å². The van der Waals surface area contributed by atoms with Gasteiger partial charge in [-0.1, -0.05) is 13.0 Å². The largest absolute Gasteiger partial charge is 0.466 e. The van der Waals surface area contributed by atoms with Crippen LogP contribution in [0.3, 0.4) is 0 Å². The Bertz CT molecular complexity index is 507. The van der Waals surface area contributed by atoms with Crippen LogP contribution in [0.4, 0.5) is 8.78 Å². The number of benzene rings is 1. The minimum absolute atomic E-state index is 0.0422. The van der Waals surface area contributed by atoms with E-state index in [9.17, 15) is 13.6 Å². The van der Waals surface area contributed by atoms with Crippen LogP contribution >= 0.6 is 0 Å². The van der Waals surface area contributed by atoms with Crippen molar-refractivity contribution in [2.24, 2.45) is 0 Å². The van der Waals surface area contributed by atoms with Gasteiger partial charge < -0.3 is 4.74 Å². The first-order valence-electron chi connectivity index (χ1n) is 6.03. The molecule has 0 aliphatic heterocycles. The smallest absolute Gasteiger partial charge is 0.310 e. The van der Waals surface area contributed by atoms with Crippen molar-refractivity contribution >= 4 is 5.97 Å².